The Kier molecular flexibility index (Phi) is 6.38. The fourth-order valence-electron chi connectivity index (χ4n) is 7.41. The van der Waals surface area contributed by atoms with Crippen LogP contribution >= 0.6 is 0 Å². The molecule has 0 saturated heterocycles. The molecule has 8 atom stereocenters. The third-order valence-electron chi connectivity index (χ3n) is 9.46. The first-order valence-corrected chi connectivity index (χ1v) is 11.9. The van der Waals surface area contributed by atoms with Crippen LogP contribution < -0.4 is 0 Å². The maximum absolute atomic E-state index is 13.8. The largest absolute Gasteiger partial charge is 0.481 e. The van der Waals surface area contributed by atoms with Gasteiger partial charge in [-0.15, -0.1) is 0 Å². The summed E-state index contributed by atoms with van der Waals surface area (Å²) in [4.78, 5) is 64.8. The fourth-order valence-corrected chi connectivity index (χ4v) is 7.41. The van der Waals surface area contributed by atoms with E-state index in [-0.39, 0.29) is 12.2 Å². The van der Waals surface area contributed by atoms with Crippen molar-refractivity contribution >= 4 is 29.5 Å². The second kappa shape index (κ2) is 8.25. The molecule has 3 rings (SSSR count). The van der Waals surface area contributed by atoms with Crippen molar-refractivity contribution in [2.24, 2.45) is 39.4 Å². The Bertz CT molecular complexity index is 1030. The van der Waals surface area contributed by atoms with Crippen molar-refractivity contribution in [1.82, 2.24) is 0 Å². The molecule has 0 aromatic heterocycles. The molecule has 3 aliphatic carbocycles. The number of carboxylic acids is 1. The lowest BCUT2D eigenvalue weighted by atomic mass is 9.36. The lowest BCUT2D eigenvalue weighted by molar-refractivity contribution is -0.214. The number of carboxylic acid groups (broad SMARTS) is 1. The molecule has 194 valence electrons. The SMILES string of the molecule is COC(=O)C(C)OC(=O)[C@H]1[C@](C)(C(=O)O)C(C)=C[C@H]2[C@]3(C)CCC(=O)C(C)(C)[C@H]3C(=O)[C@@H](O)[C@]12C. The third-order valence-corrected chi connectivity index (χ3v) is 9.46. The summed E-state index contributed by atoms with van der Waals surface area (Å²) in [5, 5.41) is 21.8. The summed E-state index contributed by atoms with van der Waals surface area (Å²) in [5.41, 5.74) is -4.86. The molecule has 9 nitrogen and oxygen atoms in total. The van der Waals surface area contributed by atoms with Gasteiger partial charge in [-0.25, -0.2) is 4.79 Å². The number of rotatable bonds is 4. The Hall–Kier alpha value is -2.55. The van der Waals surface area contributed by atoms with Crippen LogP contribution in [0.5, 0.6) is 0 Å². The van der Waals surface area contributed by atoms with E-state index in [0.29, 0.717) is 12.0 Å². The van der Waals surface area contributed by atoms with Gasteiger partial charge < -0.3 is 19.7 Å². The van der Waals surface area contributed by atoms with Crippen molar-refractivity contribution in [1.29, 1.82) is 0 Å². The van der Waals surface area contributed by atoms with Crippen LogP contribution in [0.2, 0.25) is 0 Å². The first-order chi connectivity index (χ1) is 15.9. The molecule has 2 saturated carbocycles. The summed E-state index contributed by atoms with van der Waals surface area (Å²) in [5.74, 6) is -6.71. The zero-order chi connectivity index (χ0) is 26.9. The van der Waals surface area contributed by atoms with Gasteiger partial charge in [0.1, 0.15) is 11.9 Å². The van der Waals surface area contributed by atoms with E-state index in [0.717, 1.165) is 7.11 Å². The van der Waals surface area contributed by atoms with Crippen LogP contribution in [0.3, 0.4) is 0 Å². The predicted molar refractivity (Wildman–Crippen MR) is 123 cm³/mol. The van der Waals surface area contributed by atoms with Gasteiger partial charge in [0.05, 0.1) is 18.4 Å². The lowest BCUT2D eigenvalue weighted by Crippen LogP contribution is -2.71. The van der Waals surface area contributed by atoms with Crippen molar-refractivity contribution in [2.75, 3.05) is 7.11 Å². The normalized spacial score (nSPS) is 41.1. The molecule has 0 heterocycles. The fraction of sp³-hybridized carbons (Fsp3) is 0.731. The van der Waals surface area contributed by atoms with Gasteiger partial charge in [-0.2, -0.15) is 0 Å². The number of esters is 2. The van der Waals surface area contributed by atoms with Gasteiger partial charge >= 0.3 is 17.9 Å². The molecular formula is C26H36O9. The Morgan fingerprint density at radius 3 is 2.20 bits per heavy atom. The predicted octanol–water partition coefficient (Wildman–Crippen LogP) is 2.34. The minimum Gasteiger partial charge on any atom is -0.481 e. The molecular weight excluding hydrogens is 456 g/mol. The number of methoxy groups -OCH3 is 1. The number of aliphatic hydroxyl groups excluding tert-OH is 1. The highest BCUT2D eigenvalue weighted by atomic mass is 16.6. The number of ketones is 2. The number of allylic oxidation sites excluding steroid dienone is 1. The lowest BCUT2D eigenvalue weighted by Gasteiger charge is -2.65. The van der Waals surface area contributed by atoms with Crippen LogP contribution in [-0.4, -0.2) is 59.0 Å². The summed E-state index contributed by atoms with van der Waals surface area (Å²) < 4.78 is 10.0. The van der Waals surface area contributed by atoms with Crippen molar-refractivity contribution < 1.29 is 43.7 Å². The number of aliphatic hydroxyl groups is 1. The third kappa shape index (κ3) is 3.41. The van der Waals surface area contributed by atoms with Crippen LogP contribution in [0.25, 0.3) is 0 Å². The van der Waals surface area contributed by atoms with Gasteiger partial charge in [0.25, 0.3) is 0 Å². The quantitative estimate of drug-likeness (QED) is 0.446. The highest BCUT2D eigenvalue weighted by Crippen LogP contribution is 2.68. The molecule has 9 heteroatoms. The number of carbonyl (C=O) groups is 5. The van der Waals surface area contributed by atoms with Crippen molar-refractivity contribution in [3.8, 4) is 0 Å². The van der Waals surface area contributed by atoms with E-state index in [1.807, 2.05) is 6.92 Å². The van der Waals surface area contributed by atoms with Crippen molar-refractivity contribution in [2.45, 2.75) is 73.5 Å². The second-order valence-corrected chi connectivity index (χ2v) is 11.6. The molecule has 0 aromatic carbocycles. The smallest absolute Gasteiger partial charge is 0.346 e. The molecule has 2 N–H and O–H groups in total. The summed E-state index contributed by atoms with van der Waals surface area (Å²) in [6, 6.07) is 0. The Morgan fingerprint density at radius 2 is 1.69 bits per heavy atom. The monoisotopic (exact) mass is 492 g/mol. The van der Waals surface area contributed by atoms with Gasteiger partial charge in [-0.1, -0.05) is 39.3 Å². The van der Waals surface area contributed by atoms with Crippen LogP contribution in [0.1, 0.15) is 61.3 Å². The van der Waals surface area contributed by atoms with E-state index in [9.17, 15) is 34.2 Å². The van der Waals surface area contributed by atoms with Gasteiger partial charge in [-0.05, 0) is 38.5 Å². The maximum Gasteiger partial charge on any atom is 0.346 e. The molecule has 0 bridgehead atoms. The highest BCUT2D eigenvalue weighted by Gasteiger charge is 2.73. The number of Topliss-reactive ketones (excluding diaryl/α,β-unsaturated/α-hetero) is 2. The summed E-state index contributed by atoms with van der Waals surface area (Å²) >= 11 is 0. The highest BCUT2D eigenvalue weighted by molar-refractivity contribution is 5.98. The number of ether oxygens (including phenoxy) is 2. The first-order valence-electron chi connectivity index (χ1n) is 11.9. The van der Waals surface area contributed by atoms with E-state index < -0.39 is 75.3 Å². The van der Waals surface area contributed by atoms with Crippen molar-refractivity contribution in [3.63, 3.8) is 0 Å². The molecule has 1 unspecified atom stereocenters. The topological polar surface area (TPSA) is 144 Å². The second-order valence-electron chi connectivity index (χ2n) is 11.6. The Balaban J connectivity index is 2.28. The molecule has 0 radical (unpaired) electrons. The van der Waals surface area contributed by atoms with Gasteiger partial charge in [-0.3, -0.25) is 19.2 Å². The van der Waals surface area contributed by atoms with Crippen molar-refractivity contribution in [3.05, 3.63) is 11.6 Å². The van der Waals surface area contributed by atoms with E-state index in [1.54, 1.807) is 33.8 Å². The first kappa shape index (κ1) is 27.0. The average molecular weight is 493 g/mol. The van der Waals surface area contributed by atoms with E-state index >= 15 is 0 Å². The van der Waals surface area contributed by atoms with E-state index in [2.05, 4.69) is 4.74 Å². The van der Waals surface area contributed by atoms with Gasteiger partial charge in [0.15, 0.2) is 11.9 Å². The molecule has 0 amide bonds. The van der Waals surface area contributed by atoms with Crippen LogP contribution in [-0.2, 0) is 33.4 Å². The molecule has 0 aliphatic heterocycles. The van der Waals surface area contributed by atoms with Crippen LogP contribution in [0.15, 0.2) is 11.6 Å². The zero-order valence-electron chi connectivity index (χ0n) is 21.6. The number of hydrogen-bond acceptors (Lipinski definition) is 8. The molecule has 35 heavy (non-hydrogen) atoms. The van der Waals surface area contributed by atoms with Gasteiger partial charge in [0, 0.05) is 23.2 Å². The average Bonchev–Trinajstić information content (AvgIpc) is 2.76. The van der Waals surface area contributed by atoms with Gasteiger partial charge in [0.2, 0.25) is 0 Å². The zero-order valence-corrected chi connectivity index (χ0v) is 21.6. The van der Waals surface area contributed by atoms with E-state index in [1.165, 1.54) is 13.8 Å². The number of fused-ring (bicyclic) bond motifs is 3. The Labute approximate surface area is 205 Å². The number of hydrogen-bond donors (Lipinski definition) is 2. The molecule has 2 fully saturated rings. The number of carbonyl (C=O) groups excluding carboxylic acids is 4. The molecule has 0 spiro atoms. The van der Waals surface area contributed by atoms with Crippen LogP contribution in [0.4, 0.5) is 0 Å². The summed E-state index contributed by atoms with van der Waals surface area (Å²) in [7, 11) is 1.13. The maximum atomic E-state index is 13.8. The summed E-state index contributed by atoms with van der Waals surface area (Å²) in [6.45, 7) is 11.1. The molecule has 3 aliphatic rings. The Morgan fingerprint density at radius 1 is 1.11 bits per heavy atom. The standard InChI is InChI=1S/C26H36O9/c1-12-11-14-24(5)10-9-15(27)23(3,4)17(24)16(28)19(29)26(14,7)18(25(12,6)22(32)33)21(31)35-13(2)20(30)34-8/h11,13-14,17-19,29H,9-10H2,1-8H3,(H,32,33)/t13?,14-,17+,18-,19+,24-,25+,26-/m0/s1. The minimum absolute atomic E-state index is 0.0705. The minimum atomic E-state index is -1.82. The summed E-state index contributed by atoms with van der Waals surface area (Å²) in [6.07, 6.45) is -0.703. The van der Waals surface area contributed by atoms with Crippen LogP contribution in [0, 0.1) is 39.4 Å². The molecule has 0 aromatic rings. The van der Waals surface area contributed by atoms with E-state index in [4.69, 9.17) is 4.74 Å². The number of aliphatic carboxylic acids is 1.